The van der Waals surface area contributed by atoms with E-state index >= 15 is 0 Å². The number of nitrogens with zero attached hydrogens (tertiary/aromatic N) is 1. The molecule has 0 spiro atoms. The van der Waals surface area contributed by atoms with E-state index in [1.165, 1.54) is 13.1 Å². The van der Waals surface area contributed by atoms with Gasteiger partial charge in [-0.05, 0) is 36.9 Å². The predicted octanol–water partition coefficient (Wildman–Crippen LogP) is 2.25. The predicted molar refractivity (Wildman–Crippen MR) is 81.2 cm³/mol. The van der Waals surface area contributed by atoms with Gasteiger partial charge in [0, 0.05) is 17.7 Å². The van der Waals surface area contributed by atoms with Gasteiger partial charge < -0.3 is 10.5 Å². The van der Waals surface area contributed by atoms with Crippen molar-refractivity contribution >= 4 is 29.1 Å². The monoisotopic (exact) mass is 302 g/mol. The highest BCUT2D eigenvalue weighted by molar-refractivity contribution is 7.99. The molecule has 6 heteroatoms. The van der Waals surface area contributed by atoms with E-state index in [0.717, 1.165) is 11.8 Å². The first kappa shape index (κ1) is 15.1. The summed E-state index contributed by atoms with van der Waals surface area (Å²) >= 11 is 1.14. The summed E-state index contributed by atoms with van der Waals surface area (Å²) in [5.41, 5.74) is 0.952. The minimum atomic E-state index is -0.266. The fourth-order valence-corrected chi connectivity index (χ4v) is 2.46. The van der Waals surface area contributed by atoms with Crippen LogP contribution < -0.4 is 10.0 Å². The lowest BCUT2D eigenvalue weighted by molar-refractivity contribution is -0.645. The Morgan fingerprint density at radius 3 is 2.62 bits per heavy atom. The zero-order valence-corrected chi connectivity index (χ0v) is 12.2. The van der Waals surface area contributed by atoms with Gasteiger partial charge in [-0.2, -0.15) is 4.73 Å². The molecule has 1 aromatic heterocycles. The molecule has 0 atom stereocenters. The second kappa shape index (κ2) is 6.90. The first-order chi connectivity index (χ1) is 10.1. The van der Waals surface area contributed by atoms with Crippen LogP contribution in [0.25, 0.3) is 0 Å². The van der Waals surface area contributed by atoms with Crippen molar-refractivity contribution in [3.05, 3.63) is 59.4 Å². The summed E-state index contributed by atoms with van der Waals surface area (Å²) in [5.74, 6) is -0.282. The van der Waals surface area contributed by atoms with Crippen molar-refractivity contribution in [2.45, 2.75) is 11.9 Å². The van der Waals surface area contributed by atoms with Gasteiger partial charge in [-0.3, -0.25) is 9.59 Å². The van der Waals surface area contributed by atoms with E-state index in [2.05, 4.69) is 5.32 Å². The molecule has 0 saturated carbocycles. The largest absolute Gasteiger partial charge is 0.618 e. The normalized spacial score (nSPS) is 10.1. The smallest absolute Gasteiger partial charge is 0.251 e. The van der Waals surface area contributed by atoms with Crippen molar-refractivity contribution in [2.24, 2.45) is 0 Å². The lowest BCUT2D eigenvalue weighted by atomic mass is 10.1. The molecule has 1 aromatic carbocycles. The van der Waals surface area contributed by atoms with Crippen LogP contribution in [-0.2, 0) is 4.79 Å². The Kier molecular flexibility index (Phi) is 4.94. The van der Waals surface area contributed by atoms with Gasteiger partial charge in [0.2, 0.25) is 5.91 Å². The standard InChI is InChI=1S/C15H14N2O3S/c1-11(18)12-6-2-3-7-13(12)16-14(19)10-21-15-8-4-5-9-17(15)20/h2-9H,10H2,1H3,(H,16,19). The van der Waals surface area contributed by atoms with Crippen molar-refractivity contribution in [3.8, 4) is 0 Å². The molecule has 1 amide bonds. The summed E-state index contributed by atoms with van der Waals surface area (Å²) in [6.45, 7) is 1.45. The van der Waals surface area contributed by atoms with E-state index < -0.39 is 0 Å². The van der Waals surface area contributed by atoms with Crippen LogP contribution in [0.3, 0.4) is 0 Å². The van der Waals surface area contributed by atoms with Crippen LogP contribution in [0.2, 0.25) is 0 Å². The number of amides is 1. The zero-order valence-electron chi connectivity index (χ0n) is 11.4. The van der Waals surface area contributed by atoms with Crippen LogP contribution in [0, 0.1) is 5.21 Å². The van der Waals surface area contributed by atoms with Gasteiger partial charge in [-0.25, -0.2) is 0 Å². The molecule has 0 aliphatic carbocycles. The molecule has 108 valence electrons. The number of aromatic nitrogens is 1. The van der Waals surface area contributed by atoms with Gasteiger partial charge in [0.25, 0.3) is 5.03 Å². The molecule has 2 rings (SSSR count). The Balaban J connectivity index is 2.00. The minimum Gasteiger partial charge on any atom is -0.618 e. The van der Waals surface area contributed by atoms with Crippen LogP contribution in [-0.4, -0.2) is 17.4 Å². The van der Waals surface area contributed by atoms with E-state index in [1.807, 2.05) is 0 Å². The number of para-hydroxylation sites is 1. The summed E-state index contributed by atoms with van der Waals surface area (Å²) in [6.07, 6.45) is 1.38. The first-order valence-corrected chi connectivity index (χ1v) is 7.27. The number of hydrogen-bond acceptors (Lipinski definition) is 4. The van der Waals surface area contributed by atoms with Crippen LogP contribution in [0.5, 0.6) is 0 Å². The zero-order chi connectivity index (χ0) is 15.2. The molecule has 0 saturated heterocycles. The third kappa shape index (κ3) is 4.06. The maximum absolute atomic E-state index is 11.9. The lowest BCUT2D eigenvalue weighted by Crippen LogP contribution is -2.28. The number of Topliss-reactive ketones (excluding diaryl/α,β-unsaturated/α-hetero) is 1. The Labute approximate surface area is 126 Å². The van der Waals surface area contributed by atoms with Crippen LogP contribution in [0.1, 0.15) is 17.3 Å². The molecule has 1 N–H and O–H groups in total. The molecule has 2 aromatic rings. The third-order valence-electron chi connectivity index (χ3n) is 2.72. The minimum absolute atomic E-state index is 0.0957. The molecule has 21 heavy (non-hydrogen) atoms. The van der Waals surface area contributed by atoms with E-state index in [0.29, 0.717) is 21.0 Å². The summed E-state index contributed by atoms with van der Waals surface area (Å²) < 4.78 is 0.710. The molecule has 0 radical (unpaired) electrons. The van der Waals surface area contributed by atoms with E-state index in [1.54, 1.807) is 42.5 Å². The average molecular weight is 302 g/mol. The summed E-state index contributed by atoms with van der Waals surface area (Å²) in [7, 11) is 0. The summed E-state index contributed by atoms with van der Waals surface area (Å²) in [6, 6.07) is 11.8. The average Bonchev–Trinajstić information content (AvgIpc) is 2.47. The van der Waals surface area contributed by atoms with Gasteiger partial charge in [0.15, 0.2) is 12.0 Å². The van der Waals surface area contributed by atoms with E-state index in [4.69, 9.17) is 0 Å². The van der Waals surface area contributed by atoms with E-state index in [-0.39, 0.29) is 17.4 Å². The van der Waals surface area contributed by atoms with Crippen molar-refractivity contribution < 1.29 is 14.3 Å². The molecule has 0 unspecified atom stereocenters. The topological polar surface area (TPSA) is 73.1 Å². The highest BCUT2D eigenvalue weighted by Gasteiger charge is 2.12. The Morgan fingerprint density at radius 2 is 1.90 bits per heavy atom. The molecule has 1 heterocycles. The number of rotatable bonds is 5. The Hall–Kier alpha value is -2.34. The first-order valence-electron chi connectivity index (χ1n) is 6.29. The number of benzene rings is 1. The molecular formula is C15H14N2O3S. The maximum Gasteiger partial charge on any atom is 0.251 e. The number of thioether (sulfide) groups is 1. The number of pyridine rings is 1. The van der Waals surface area contributed by atoms with Crippen molar-refractivity contribution in [3.63, 3.8) is 0 Å². The van der Waals surface area contributed by atoms with Crippen molar-refractivity contribution in [1.29, 1.82) is 0 Å². The summed E-state index contributed by atoms with van der Waals surface area (Å²) in [5, 5.41) is 14.6. The number of carbonyl (C=O) groups is 2. The number of nitrogens with one attached hydrogen (secondary N) is 1. The molecule has 0 bridgehead atoms. The van der Waals surface area contributed by atoms with Gasteiger partial charge in [-0.15, -0.1) is 0 Å². The second-order valence-electron chi connectivity index (χ2n) is 4.30. The number of hydrogen-bond donors (Lipinski definition) is 1. The molecule has 0 fully saturated rings. The SMILES string of the molecule is CC(=O)c1ccccc1NC(=O)CSc1cccc[n+]1[O-]. The molecule has 5 nitrogen and oxygen atoms in total. The van der Waals surface area contributed by atoms with Gasteiger partial charge >= 0.3 is 0 Å². The van der Waals surface area contributed by atoms with Gasteiger partial charge in [-0.1, -0.05) is 12.1 Å². The number of anilines is 1. The van der Waals surface area contributed by atoms with Gasteiger partial charge in [0.05, 0.1) is 11.4 Å². The summed E-state index contributed by atoms with van der Waals surface area (Å²) in [4.78, 5) is 23.4. The lowest BCUT2D eigenvalue weighted by Gasteiger charge is -2.08. The maximum atomic E-state index is 11.9. The van der Waals surface area contributed by atoms with Crippen molar-refractivity contribution in [1.82, 2.24) is 0 Å². The third-order valence-corrected chi connectivity index (χ3v) is 3.74. The fraction of sp³-hybridized carbons (Fsp3) is 0.133. The van der Waals surface area contributed by atoms with Crippen LogP contribution >= 0.6 is 11.8 Å². The molecule has 0 aliphatic heterocycles. The van der Waals surface area contributed by atoms with Crippen LogP contribution in [0.4, 0.5) is 5.69 Å². The molecular weight excluding hydrogens is 288 g/mol. The molecule has 0 aliphatic rings. The highest BCUT2D eigenvalue weighted by Crippen LogP contribution is 2.17. The van der Waals surface area contributed by atoms with Crippen molar-refractivity contribution in [2.75, 3.05) is 11.1 Å². The highest BCUT2D eigenvalue weighted by atomic mass is 32.2. The van der Waals surface area contributed by atoms with E-state index in [9.17, 15) is 14.8 Å². The Bertz CT molecular complexity index is 673. The second-order valence-corrected chi connectivity index (χ2v) is 5.30. The number of carbonyl (C=O) groups excluding carboxylic acids is 2. The quantitative estimate of drug-likeness (QED) is 0.398. The fourth-order valence-electron chi connectivity index (χ4n) is 1.75. The Morgan fingerprint density at radius 1 is 1.19 bits per heavy atom. The van der Waals surface area contributed by atoms with Gasteiger partial charge in [0.1, 0.15) is 0 Å². The number of ketones is 1. The van der Waals surface area contributed by atoms with Crippen LogP contribution in [0.15, 0.2) is 53.7 Å².